The minimum atomic E-state index is 0.739. The molecular formula is C6H7NO2S. The number of thiophene rings is 1. The molecule has 54 valence electrons. The molecule has 0 spiro atoms. The summed E-state index contributed by atoms with van der Waals surface area (Å²) in [5.41, 5.74) is 0. The summed E-state index contributed by atoms with van der Waals surface area (Å²) >= 11 is 1.46. The van der Waals surface area contributed by atoms with Gasteiger partial charge in [-0.25, -0.2) is 0 Å². The fourth-order valence-electron chi connectivity index (χ4n) is 0.624. The molecule has 1 aromatic rings. The number of hydrogen-bond donors (Lipinski definition) is 1. The van der Waals surface area contributed by atoms with Crippen LogP contribution in [0.2, 0.25) is 0 Å². The summed E-state index contributed by atoms with van der Waals surface area (Å²) in [6.07, 6.45) is 1.35. The fourth-order valence-corrected chi connectivity index (χ4v) is 1.34. The van der Waals surface area contributed by atoms with Gasteiger partial charge in [0.05, 0.1) is 18.2 Å². The van der Waals surface area contributed by atoms with Crippen LogP contribution >= 0.6 is 11.3 Å². The van der Waals surface area contributed by atoms with Crippen molar-refractivity contribution in [2.75, 3.05) is 7.11 Å². The summed E-state index contributed by atoms with van der Waals surface area (Å²) in [6, 6.07) is 1.82. The maximum absolute atomic E-state index is 8.18. The summed E-state index contributed by atoms with van der Waals surface area (Å²) in [7, 11) is 1.58. The van der Waals surface area contributed by atoms with Crippen molar-refractivity contribution in [2.24, 2.45) is 5.16 Å². The molecule has 4 heteroatoms. The van der Waals surface area contributed by atoms with Crippen LogP contribution in [0.4, 0.5) is 0 Å². The smallest absolute Gasteiger partial charge is 0.138 e. The molecule has 0 aliphatic rings. The van der Waals surface area contributed by atoms with Gasteiger partial charge >= 0.3 is 0 Å². The van der Waals surface area contributed by atoms with Crippen LogP contribution in [0.3, 0.4) is 0 Å². The first-order chi connectivity index (χ1) is 4.88. The summed E-state index contributed by atoms with van der Waals surface area (Å²) in [6.45, 7) is 0. The molecule has 0 fully saturated rings. The van der Waals surface area contributed by atoms with Crippen molar-refractivity contribution < 1.29 is 9.94 Å². The standard InChI is InChI=1S/C6H7NO2S/c1-9-5-2-3-10-6(5)4-7-8/h2-4,8H,1H3/b7-4-. The highest BCUT2D eigenvalue weighted by Crippen LogP contribution is 2.21. The van der Waals surface area contributed by atoms with Crippen molar-refractivity contribution in [3.63, 3.8) is 0 Å². The first-order valence-corrected chi connectivity index (χ1v) is 3.55. The van der Waals surface area contributed by atoms with Gasteiger partial charge in [-0.2, -0.15) is 0 Å². The van der Waals surface area contributed by atoms with Crippen molar-refractivity contribution in [3.8, 4) is 5.75 Å². The second kappa shape index (κ2) is 3.22. The number of hydrogen-bond acceptors (Lipinski definition) is 4. The molecule has 3 nitrogen and oxygen atoms in total. The van der Waals surface area contributed by atoms with Gasteiger partial charge in [0.15, 0.2) is 0 Å². The maximum atomic E-state index is 8.18. The molecule has 0 radical (unpaired) electrons. The summed E-state index contributed by atoms with van der Waals surface area (Å²) in [4.78, 5) is 0.824. The lowest BCUT2D eigenvalue weighted by Gasteiger charge is -1.93. The van der Waals surface area contributed by atoms with Gasteiger partial charge in [-0.3, -0.25) is 0 Å². The number of ether oxygens (including phenoxy) is 1. The van der Waals surface area contributed by atoms with Gasteiger partial charge in [0.2, 0.25) is 0 Å². The average molecular weight is 157 g/mol. The van der Waals surface area contributed by atoms with Gasteiger partial charge < -0.3 is 9.94 Å². The van der Waals surface area contributed by atoms with E-state index < -0.39 is 0 Å². The molecule has 1 rings (SSSR count). The van der Waals surface area contributed by atoms with E-state index in [4.69, 9.17) is 9.94 Å². The first-order valence-electron chi connectivity index (χ1n) is 2.67. The molecule has 0 saturated carbocycles. The van der Waals surface area contributed by atoms with Crippen LogP contribution in [-0.4, -0.2) is 18.5 Å². The zero-order valence-electron chi connectivity index (χ0n) is 5.44. The molecule has 0 aliphatic carbocycles. The highest BCUT2D eigenvalue weighted by molar-refractivity contribution is 7.12. The summed E-state index contributed by atoms with van der Waals surface area (Å²) < 4.78 is 4.95. The lowest BCUT2D eigenvalue weighted by molar-refractivity contribution is 0.321. The minimum absolute atomic E-state index is 0.739. The molecule has 0 saturated heterocycles. The third-order valence-electron chi connectivity index (χ3n) is 1.05. The number of nitrogens with zero attached hydrogens (tertiary/aromatic N) is 1. The Morgan fingerprint density at radius 1 is 1.80 bits per heavy atom. The Kier molecular flexibility index (Phi) is 2.28. The van der Waals surface area contributed by atoms with Gasteiger partial charge in [-0.1, -0.05) is 5.16 Å². The third kappa shape index (κ3) is 1.27. The molecule has 1 heterocycles. The quantitative estimate of drug-likeness (QED) is 0.402. The molecule has 0 aliphatic heterocycles. The molecule has 10 heavy (non-hydrogen) atoms. The van der Waals surface area contributed by atoms with Crippen LogP contribution in [-0.2, 0) is 0 Å². The lowest BCUT2D eigenvalue weighted by atomic mass is 10.4. The van der Waals surface area contributed by atoms with Gasteiger partial charge in [0, 0.05) is 0 Å². The van der Waals surface area contributed by atoms with E-state index in [2.05, 4.69) is 5.16 Å². The Morgan fingerprint density at radius 3 is 3.20 bits per heavy atom. The van der Waals surface area contributed by atoms with Gasteiger partial charge in [0.25, 0.3) is 0 Å². The predicted molar refractivity (Wildman–Crippen MR) is 40.3 cm³/mol. The monoisotopic (exact) mass is 157 g/mol. The van der Waals surface area contributed by atoms with Crippen molar-refractivity contribution in [1.82, 2.24) is 0 Å². The zero-order chi connectivity index (χ0) is 7.40. The van der Waals surface area contributed by atoms with Crippen LogP contribution in [0, 0.1) is 0 Å². The first kappa shape index (κ1) is 7.08. The average Bonchev–Trinajstić information content (AvgIpc) is 2.36. The van der Waals surface area contributed by atoms with Crippen molar-refractivity contribution >= 4 is 17.6 Å². The molecule has 0 aromatic carbocycles. The van der Waals surface area contributed by atoms with Crippen LogP contribution in [0.25, 0.3) is 0 Å². The van der Waals surface area contributed by atoms with E-state index >= 15 is 0 Å². The normalized spacial score (nSPS) is 10.5. The summed E-state index contributed by atoms with van der Waals surface area (Å²) in [5, 5.41) is 12.9. The largest absolute Gasteiger partial charge is 0.495 e. The van der Waals surface area contributed by atoms with Crippen molar-refractivity contribution in [3.05, 3.63) is 16.3 Å². The van der Waals surface area contributed by atoms with E-state index in [0.29, 0.717) is 0 Å². The van der Waals surface area contributed by atoms with E-state index in [1.165, 1.54) is 17.6 Å². The Balaban J connectivity index is 2.90. The lowest BCUT2D eigenvalue weighted by Crippen LogP contribution is -1.83. The molecule has 0 bridgehead atoms. The Hall–Kier alpha value is -1.03. The highest BCUT2D eigenvalue weighted by Gasteiger charge is 1.99. The second-order valence-electron chi connectivity index (χ2n) is 1.60. The van der Waals surface area contributed by atoms with Gasteiger partial charge in [0.1, 0.15) is 5.75 Å². The van der Waals surface area contributed by atoms with Gasteiger partial charge in [-0.05, 0) is 11.4 Å². The van der Waals surface area contributed by atoms with E-state index in [1.807, 2.05) is 11.4 Å². The van der Waals surface area contributed by atoms with E-state index in [9.17, 15) is 0 Å². The highest BCUT2D eigenvalue weighted by atomic mass is 32.1. The Bertz CT molecular complexity index is 231. The number of methoxy groups -OCH3 is 1. The van der Waals surface area contributed by atoms with Crippen LogP contribution < -0.4 is 4.74 Å². The van der Waals surface area contributed by atoms with Crippen molar-refractivity contribution in [1.29, 1.82) is 0 Å². The molecular weight excluding hydrogens is 150 g/mol. The van der Waals surface area contributed by atoms with E-state index in [1.54, 1.807) is 7.11 Å². The van der Waals surface area contributed by atoms with Crippen LogP contribution in [0.5, 0.6) is 5.75 Å². The van der Waals surface area contributed by atoms with Gasteiger partial charge in [-0.15, -0.1) is 11.3 Å². The predicted octanol–water partition coefficient (Wildman–Crippen LogP) is 1.56. The molecule has 1 N–H and O–H groups in total. The molecule has 1 aromatic heterocycles. The molecule has 0 amide bonds. The topological polar surface area (TPSA) is 41.8 Å². The Labute approximate surface area is 62.6 Å². The molecule has 0 atom stereocenters. The zero-order valence-corrected chi connectivity index (χ0v) is 6.26. The van der Waals surface area contributed by atoms with E-state index in [-0.39, 0.29) is 0 Å². The third-order valence-corrected chi connectivity index (χ3v) is 1.88. The SMILES string of the molecule is COc1ccsc1/C=N\O. The number of oxime groups is 1. The van der Waals surface area contributed by atoms with Crippen molar-refractivity contribution in [2.45, 2.75) is 0 Å². The van der Waals surface area contributed by atoms with Crippen LogP contribution in [0.15, 0.2) is 16.6 Å². The summed E-state index contributed by atoms with van der Waals surface area (Å²) in [5.74, 6) is 0.739. The minimum Gasteiger partial charge on any atom is -0.495 e. The van der Waals surface area contributed by atoms with E-state index in [0.717, 1.165) is 10.6 Å². The Morgan fingerprint density at radius 2 is 2.60 bits per heavy atom. The number of rotatable bonds is 2. The fraction of sp³-hybridized carbons (Fsp3) is 0.167. The molecule has 0 unspecified atom stereocenters. The second-order valence-corrected chi connectivity index (χ2v) is 2.55. The van der Waals surface area contributed by atoms with Crippen LogP contribution in [0.1, 0.15) is 4.88 Å². The maximum Gasteiger partial charge on any atom is 0.138 e.